The summed E-state index contributed by atoms with van der Waals surface area (Å²) in [4.78, 5) is 0. The van der Waals surface area contributed by atoms with Crippen molar-refractivity contribution in [2.45, 2.75) is 0 Å². The number of hydrogen-bond acceptors (Lipinski definition) is 2. The molecule has 3 heteroatoms. The Kier molecular flexibility index (Phi) is 3.06. The van der Waals surface area contributed by atoms with E-state index in [1.54, 1.807) is 12.1 Å². The molecule has 0 saturated heterocycles. The van der Waals surface area contributed by atoms with Gasteiger partial charge in [-0.05, 0) is 15.9 Å². The van der Waals surface area contributed by atoms with Crippen LogP contribution in [0.1, 0.15) is 0 Å². The Morgan fingerprint density at radius 1 is 1.31 bits per heavy atom. The summed E-state index contributed by atoms with van der Waals surface area (Å²) in [6, 6.07) is 7.24. The van der Waals surface area contributed by atoms with Crippen LogP contribution < -0.4 is 10.4 Å². The summed E-state index contributed by atoms with van der Waals surface area (Å²) in [7, 11) is -1.50. The molecule has 2 nitrogen and oxygen atoms in total. The lowest BCUT2D eigenvalue weighted by molar-refractivity contribution is 0.427. The van der Waals surface area contributed by atoms with Crippen LogP contribution in [0.3, 0.4) is 0 Å². The second-order valence-corrected chi connectivity index (χ2v) is 2.69. The zero-order chi connectivity index (χ0) is 9.84. The average molecular weight is 174 g/mol. The summed E-state index contributed by atoms with van der Waals surface area (Å²) < 4.78 is 0. The second-order valence-electron chi connectivity index (χ2n) is 2.69. The van der Waals surface area contributed by atoms with Gasteiger partial charge in [0.05, 0.1) is 0 Å². The van der Waals surface area contributed by atoms with E-state index in [9.17, 15) is 0 Å². The first kappa shape index (κ1) is 9.77. The third kappa shape index (κ3) is 2.08. The van der Waals surface area contributed by atoms with Crippen LogP contribution in [0.4, 0.5) is 0 Å². The average Bonchev–Trinajstić information content (AvgIpc) is 2.09. The zero-order valence-corrected chi connectivity index (χ0v) is 7.27. The molecule has 0 spiro atoms. The predicted molar refractivity (Wildman–Crippen MR) is 55.0 cm³/mol. The largest absolute Gasteiger partial charge is 0.489 e. The maximum absolute atomic E-state index is 9.01. The Morgan fingerprint density at radius 2 is 1.92 bits per heavy atom. The first-order valence-corrected chi connectivity index (χ1v) is 3.93. The van der Waals surface area contributed by atoms with Gasteiger partial charge in [0.15, 0.2) is 0 Å². The van der Waals surface area contributed by atoms with E-state index in [0.717, 1.165) is 5.22 Å². The van der Waals surface area contributed by atoms with E-state index in [1.165, 1.54) is 6.08 Å². The van der Waals surface area contributed by atoms with Gasteiger partial charge in [0, 0.05) is 0 Å². The van der Waals surface area contributed by atoms with Crippen molar-refractivity contribution in [1.82, 2.24) is 0 Å². The Labute approximate surface area is 77.3 Å². The minimum absolute atomic E-state index is 0.380. The van der Waals surface area contributed by atoms with E-state index in [1.807, 2.05) is 12.1 Å². The molecular weight excluding hydrogens is 163 g/mol. The highest BCUT2D eigenvalue weighted by atomic mass is 16.4. The van der Waals surface area contributed by atoms with Gasteiger partial charge in [0.2, 0.25) is 0 Å². The minimum atomic E-state index is -1.50. The molecule has 0 radical (unpaired) electrons. The number of rotatable bonds is 2. The van der Waals surface area contributed by atoms with Crippen molar-refractivity contribution in [3.05, 3.63) is 47.4 Å². The Morgan fingerprint density at radius 3 is 2.38 bits per heavy atom. The van der Waals surface area contributed by atoms with Crippen LogP contribution in [0.15, 0.2) is 36.9 Å². The highest BCUT2D eigenvalue weighted by Crippen LogP contribution is 1.93. The first-order valence-electron chi connectivity index (χ1n) is 3.93. The van der Waals surface area contributed by atoms with E-state index in [0.29, 0.717) is 10.7 Å². The highest BCUT2D eigenvalue weighted by molar-refractivity contribution is 6.64. The fourth-order valence-corrected chi connectivity index (χ4v) is 1.16. The van der Waals surface area contributed by atoms with Crippen molar-refractivity contribution in [2.75, 3.05) is 0 Å². The quantitative estimate of drug-likeness (QED) is 0.590. The normalized spacial score (nSPS) is 12.2. The number of allylic oxidation sites excluding steroid dienone is 1. The zero-order valence-electron chi connectivity index (χ0n) is 7.27. The van der Waals surface area contributed by atoms with Gasteiger partial charge in [0.1, 0.15) is 0 Å². The molecule has 1 aromatic rings. The van der Waals surface area contributed by atoms with Gasteiger partial charge in [-0.1, -0.05) is 43.5 Å². The molecule has 1 aromatic carbocycles. The van der Waals surface area contributed by atoms with Crippen LogP contribution in [0.5, 0.6) is 0 Å². The van der Waals surface area contributed by atoms with Crippen LogP contribution in [-0.2, 0) is 0 Å². The second kappa shape index (κ2) is 4.07. The van der Waals surface area contributed by atoms with Crippen molar-refractivity contribution < 1.29 is 10.0 Å². The van der Waals surface area contributed by atoms with Crippen LogP contribution in [0.25, 0.3) is 12.1 Å². The summed E-state index contributed by atoms with van der Waals surface area (Å²) in [5.74, 6) is 0. The van der Waals surface area contributed by atoms with Crippen LogP contribution in [0, 0.1) is 0 Å². The molecule has 0 fully saturated rings. The third-order valence-corrected chi connectivity index (χ3v) is 1.83. The van der Waals surface area contributed by atoms with Gasteiger partial charge in [-0.25, -0.2) is 0 Å². The van der Waals surface area contributed by atoms with Crippen molar-refractivity contribution in [1.29, 1.82) is 0 Å². The summed E-state index contributed by atoms with van der Waals surface area (Å²) in [5.41, 5.74) is 0.380. The van der Waals surface area contributed by atoms with Crippen LogP contribution in [0.2, 0.25) is 0 Å². The Balaban J connectivity index is 3.55. The maximum Gasteiger partial charge on any atom is 0.489 e. The summed E-state index contributed by atoms with van der Waals surface area (Å²) in [5, 5.41) is 19.5. The third-order valence-electron chi connectivity index (χ3n) is 1.83. The lowest BCUT2D eigenvalue weighted by Crippen LogP contribution is -2.30. The summed E-state index contributed by atoms with van der Waals surface area (Å²) >= 11 is 0. The van der Waals surface area contributed by atoms with Crippen molar-refractivity contribution in [2.24, 2.45) is 0 Å². The molecule has 13 heavy (non-hydrogen) atoms. The Bertz CT molecular complexity index is 409. The molecule has 0 saturated carbocycles. The first-order chi connectivity index (χ1) is 6.16. The molecule has 0 atom stereocenters. The standard InChI is InChI=1S/C10H11BO2/c1-3-10(11(12)13)9-7-5-4-6-8(9)2/h3-7,12-13H,1-2H2/b10-9+. The highest BCUT2D eigenvalue weighted by Gasteiger charge is 2.11. The number of benzene rings is 1. The SMILES string of the molecule is C=C/C(B(O)O)=c1/ccccc1=C. The fourth-order valence-electron chi connectivity index (χ4n) is 1.16. The van der Waals surface area contributed by atoms with E-state index < -0.39 is 7.12 Å². The molecule has 0 amide bonds. The molecule has 0 unspecified atom stereocenters. The monoisotopic (exact) mass is 174 g/mol. The van der Waals surface area contributed by atoms with Gasteiger partial charge in [-0.15, -0.1) is 0 Å². The van der Waals surface area contributed by atoms with Gasteiger partial charge >= 0.3 is 7.12 Å². The summed E-state index contributed by atoms with van der Waals surface area (Å²) in [6.45, 7) is 7.30. The molecule has 66 valence electrons. The van der Waals surface area contributed by atoms with Gasteiger partial charge in [-0.3, -0.25) is 0 Å². The molecule has 0 aliphatic rings. The lowest BCUT2D eigenvalue weighted by Gasteiger charge is -1.99. The van der Waals surface area contributed by atoms with Crippen molar-refractivity contribution in [3.63, 3.8) is 0 Å². The van der Waals surface area contributed by atoms with Crippen LogP contribution >= 0.6 is 0 Å². The predicted octanol–water partition coefficient (Wildman–Crippen LogP) is -0.554. The van der Waals surface area contributed by atoms with Crippen molar-refractivity contribution in [3.8, 4) is 0 Å². The molecule has 0 heterocycles. The molecule has 0 aliphatic heterocycles. The lowest BCUT2D eigenvalue weighted by atomic mass is 9.78. The molecular formula is C10H11BO2. The van der Waals surface area contributed by atoms with Gasteiger partial charge < -0.3 is 10.0 Å². The molecule has 0 aliphatic carbocycles. The number of hydrogen-bond donors (Lipinski definition) is 2. The fraction of sp³-hybridized carbons (Fsp3) is 0. The molecule has 2 N–H and O–H groups in total. The molecule has 0 aromatic heterocycles. The summed E-state index contributed by atoms with van der Waals surface area (Å²) in [6.07, 6.45) is 1.43. The van der Waals surface area contributed by atoms with E-state index in [-0.39, 0.29) is 0 Å². The van der Waals surface area contributed by atoms with Crippen molar-refractivity contribution >= 4 is 19.2 Å². The van der Waals surface area contributed by atoms with E-state index >= 15 is 0 Å². The molecule has 0 bridgehead atoms. The Hall–Kier alpha value is -1.32. The van der Waals surface area contributed by atoms with E-state index in [4.69, 9.17) is 10.0 Å². The van der Waals surface area contributed by atoms with E-state index in [2.05, 4.69) is 13.2 Å². The smallest absolute Gasteiger partial charge is 0.423 e. The van der Waals surface area contributed by atoms with Crippen LogP contribution in [-0.4, -0.2) is 17.2 Å². The maximum atomic E-state index is 9.01. The van der Waals surface area contributed by atoms with Gasteiger partial charge in [0.25, 0.3) is 0 Å². The van der Waals surface area contributed by atoms with Gasteiger partial charge in [-0.2, -0.15) is 0 Å². The minimum Gasteiger partial charge on any atom is -0.423 e. The molecule has 1 rings (SSSR count). The topological polar surface area (TPSA) is 40.5 Å².